The molecule has 0 atom stereocenters. The summed E-state index contributed by atoms with van der Waals surface area (Å²) in [4.78, 5) is 0. The van der Waals surface area contributed by atoms with E-state index in [1.807, 2.05) is 36.4 Å². The van der Waals surface area contributed by atoms with E-state index in [0.717, 1.165) is 16.8 Å². The fraction of sp³-hybridized carbons (Fsp3) is 0.200. The monoisotopic (exact) mass is 240 g/mol. The van der Waals surface area contributed by atoms with Crippen LogP contribution in [0.15, 0.2) is 36.5 Å². The third-order valence-corrected chi connectivity index (χ3v) is 2.72. The molecule has 0 unspecified atom stereocenters. The highest BCUT2D eigenvalue weighted by Gasteiger charge is 2.05. The van der Waals surface area contributed by atoms with Gasteiger partial charge in [0.1, 0.15) is 5.75 Å². The van der Waals surface area contributed by atoms with E-state index in [0.29, 0.717) is 11.7 Å². The number of nitrogens with zero attached hydrogens (tertiary/aromatic N) is 2. The lowest BCUT2D eigenvalue weighted by atomic mass is 10.0. The molecule has 0 spiro atoms. The van der Waals surface area contributed by atoms with Gasteiger partial charge in [-0.05, 0) is 41.3 Å². The Kier molecular flexibility index (Phi) is 3.72. The predicted molar refractivity (Wildman–Crippen MR) is 73.2 cm³/mol. The van der Waals surface area contributed by atoms with Crippen LogP contribution in [-0.2, 0) is 0 Å². The molecule has 1 heterocycles. The van der Waals surface area contributed by atoms with Crippen LogP contribution in [0, 0.1) is 0 Å². The zero-order valence-electron chi connectivity index (χ0n) is 10.5. The largest absolute Gasteiger partial charge is 0.508 e. The highest BCUT2D eigenvalue weighted by atomic mass is 16.3. The number of phenolic OH excluding ortho intramolecular Hbond substituents is 1. The number of phenols is 1. The van der Waals surface area contributed by atoms with Crippen LogP contribution in [0.3, 0.4) is 0 Å². The lowest BCUT2D eigenvalue weighted by molar-refractivity contribution is 0.465. The van der Waals surface area contributed by atoms with E-state index in [1.54, 1.807) is 12.3 Å². The standard InChI is InChI=1S/C15H16N2O/c1-11(2)14-8-6-12(10-15(14)18)5-7-13-4-3-9-16-17-13/h3-11,18H,1-2H3/b7-5+. The van der Waals surface area contributed by atoms with Gasteiger partial charge in [-0.3, -0.25) is 0 Å². The number of benzene rings is 1. The molecule has 18 heavy (non-hydrogen) atoms. The molecule has 0 bridgehead atoms. The normalized spacial score (nSPS) is 11.3. The van der Waals surface area contributed by atoms with Gasteiger partial charge < -0.3 is 5.11 Å². The molecule has 1 aromatic carbocycles. The topological polar surface area (TPSA) is 46.0 Å². The number of hydrogen-bond acceptors (Lipinski definition) is 3. The Balaban J connectivity index is 2.21. The number of rotatable bonds is 3. The van der Waals surface area contributed by atoms with Crippen molar-refractivity contribution in [3.8, 4) is 5.75 Å². The van der Waals surface area contributed by atoms with Crippen molar-refractivity contribution >= 4 is 12.2 Å². The fourth-order valence-corrected chi connectivity index (χ4v) is 1.74. The minimum atomic E-state index is 0.322. The van der Waals surface area contributed by atoms with Crippen LogP contribution in [0.5, 0.6) is 5.75 Å². The second kappa shape index (κ2) is 5.45. The van der Waals surface area contributed by atoms with Crippen LogP contribution in [0.1, 0.15) is 36.6 Å². The zero-order valence-corrected chi connectivity index (χ0v) is 10.5. The molecule has 1 N–H and O–H groups in total. The van der Waals surface area contributed by atoms with E-state index >= 15 is 0 Å². The molecule has 0 saturated heterocycles. The second-order valence-corrected chi connectivity index (χ2v) is 4.45. The maximum atomic E-state index is 9.90. The Labute approximate surface area is 107 Å². The van der Waals surface area contributed by atoms with Crippen LogP contribution in [0.25, 0.3) is 12.2 Å². The van der Waals surface area contributed by atoms with Crippen molar-refractivity contribution in [1.82, 2.24) is 10.2 Å². The molecule has 0 radical (unpaired) electrons. The zero-order chi connectivity index (χ0) is 13.0. The van der Waals surface area contributed by atoms with E-state index in [9.17, 15) is 5.11 Å². The van der Waals surface area contributed by atoms with Crippen molar-refractivity contribution in [3.05, 3.63) is 53.3 Å². The fourth-order valence-electron chi connectivity index (χ4n) is 1.74. The molecule has 0 fully saturated rings. The third kappa shape index (κ3) is 2.94. The summed E-state index contributed by atoms with van der Waals surface area (Å²) >= 11 is 0. The van der Waals surface area contributed by atoms with E-state index in [1.165, 1.54) is 0 Å². The van der Waals surface area contributed by atoms with Gasteiger partial charge in [-0.25, -0.2) is 0 Å². The number of aromatic hydroxyl groups is 1. The predicted octanol–water partition coefficient (Wildman–Crippen LogP) is 3.48. The first kappa shape index (κ1) is 12.3. The molecule has 2 rings (SSSR count). The molecule has 92 valence electrons. The minimum absolute atomic E-state index is 0.322. The molecule has 1 aromatic heterocycles. The first-order valence-electron chi connectivity index (χ1n) is 5.95. The maximum Gasteiger partial charge on any atom is 0.119 e. The molecule has 0 amide bonds. The third-order valence-electron chi connectivity index (χ3n) is 2.72. The second-order valence-electron chi connectivity index (χ2n) is 4.45. The summed E-state index contributed by atoms with van der Waals surface area (Å²) in [6, 6.07) is 9.43. The van der Waals surface area contributed by atoms with Gasteiger partial charge in [0, 0.05) is 6.20 Å². The van der Waals surface area contributed by atoms with Gasteiger partial charge in [-0.1, -0.05) is 32.1 Å². The smallest absolute Gasteiger partial charge is 0.119 e. The summed E-state index contributed by atoms with van der Waals surface area (Å²) in [5, 5.41) is 17.7. The molecule has 0 aliphatic rings. The highest BCUT2D eigenvalue weighted by molar-refractivity contribution is 5.68. The van der Waals surface area contributed by atoms with Gasteiger partial charge in [0.25, 0.3) is 0 Å². The number of aromatic nitrogens is 2. The molecule has 0 aliphatic heterocycles. The van der Waals surface area contributed by atoms with Crippen molar-refractivity contribution in [1.29, 1.82) is 0 Å². The summed E-state index contributed by atoms with van der Waals surface area (Å²) in [6.07, 6.45) is 5.42. The van der Waals surface area contributed by atoms with Crippen molar-refractivity contribution in [2.24, 2.45) is 0 Å². The lowest BCUT2D eigenvalue weighted by Crippen LogP contribution is -1.88. The summed E-state index contributed by atoms with van der Waals surface area (Å²) in [5.74, 6) is 0.661. The SMILES string of the molecule is CC(C)c1ccc(/C=C/c2cccnn2)cc1O. The number of hydrogen-bond donors (Lipinski definition) is 1. The van der Waals surface area contributed by atoms with Crippen molar-refractivity contribution < 1.29 is 5.11 Å². The maximum absolute atomic E-state index is 9.90. The summed E-state index contributed by atoms with van der Waals surface area (Å²) in [7, 11) is 0. The molecule has 0 saturated carbocycles. The van der Waals surface area contributed by atoms with Gasteiger partial charge in [0.2, 0.25) is 0 Å². The molecule has 0 aliphatic carbocycles. The molecule has 3 heteroatoms. The van der Waals surface area contributed by atoms with E-state index < -0.39 is 0 Å². The molecular formula is C15H16N2O. The van der Waals surface area contributed by atoms with Crippen molar-refractivity contribution in [2.45, 2.75) is 19.8 Å². The molecule has 2 aromatic rings. The molecular weight excluding hydrogens is 224 g/mol. The Morgan fingerprint density at radius 3 is 2.61 bits per heavy atom. The lowest BCUT2D eigenvalue weighted by Gasteiger charge is -2.08. The Bertz CT molecular complexity index is 548. The van der Waals surface area contributed by atoms with Crippen LogP contribution in [-0.4, -0.2) is 15.3 Å². The first-order valence-corrected chi connectivity index (χ1v) is 5.95. The Morgan fingerprint density at radius 1 is 1.17 bits per heavy atom. The Morgan fingerprint density at radius 2 is 2.00 bits per heavy atom. The van der Waals surface area contributed by atoms with E-state index in [2.05, 4.69) is 24.0 Å². The van der Waals surface area contributed by atoms with E-state index in [4.69, 9.17) is 0 Å². The van der Waals surface area contributed by atoms with Gasteiger partial charge in [0.05, 0.1) is 5.69 Å². The van der Waals surface area contributed by atoms with Crippen LogP contribution in [0.4, 0.5) is 0 Å². The average Bonchev–Trinajstić information content (AvgIpc) is 2.37. The minimum Gasteiger partial charge on any atom is -0.508 e. The van der Waals surface area contributed by atoms with Gasteiger partial charge >= 0.3 is 0 Å². The quantitative estimate of drug-likeness (QED) is 0.893. The van der Waals surface area contributed by atoms with Crippen molar-refractivity contribution in [2.75, 3.05) is 0 Å². The van der Waals surface area contributed by atoms with Crippen LogP contribution < -0.4 is 0 Å². The van der Waals surface area contributed by atoms with Gasteiger partial charge in [-0.15, -0.1) is 0 Å². The van der Waals surface area contributed by atoms with Crippen LogP contribution >= 0.6 is 0 Å². The van der Waals surface area contributed by atoms with Gasteiger partial charge in [0.15, 0.2) is 0 Å². The highest BCUT2D eigenvalue weighted by Crippen LogP contribution is 2.26. The summed E-state index contributed by atoms with van der Waals surface area (Å²) in [5.41, 5.74) is 2.71. The van der Waals surface area contributed by atoms with Crippen molar-refractivity contribution in [3.63, 3.8) is 0 Å². The molecule has 3 nitrogen and oxygen atoms in total. The van der Waals surface area contributed by atoms with Gasteiger partial charge in [-0.2, -0.15) is 10.2 Å². The van der Waals surface area contributed by atoms with Crippen LogP contribution in [0.2, 0.25) is 0 Å². The first-order chi connectivity index (χ1) is 8.66. The summed E-state index contributed by atoms with van der Waals surface area (Å²) < 4.78 is 0. The Hall–Kier alpha value is -2.16. The summed E-state index contributed by atoms with van der Waals surface area (Å²) in [6.45, 7) is 4.12. The van der Waals surface area contributed by atoms with E-state index in [-0.39, 0.29) is 0 Å². The average molecular weight is 240 g/mol.